The number of unbranched alkanes of at least 4 members (excludes halogenated alkanes) is 5. The second-order valence-corrected chi connectivity index (χ2v) is 9.01. The van der Waals surface area contributed by atoms with Crippen molar-refractivity contribution in [2.24, 2.45) is 0 Å². The van der Waals surface area contributed by atoms with Crippen molar-refractivity contribution in [3.8, 4) is 0 Å². The third-order valence-electron chi connectivity index (χ3n) is 6.36. The molecule has 0 saturated carbocycles. The van der Waals surface area contributed by atoms with E-state index in [9.17, 15) is 0 Å². The van der Waals surface area contributed by atoms with Crippen LogP contribution in [0.25, 0.3) is 0 Å². The molecular formula is C31H39BN2. The lowest BCUT2D eigenvalue weighted by Gasteiger charge is -2.11. The number of rotatable bonds is 11. The summed E-state index contributed by atoms with van der Waals surface area (Å²) in [4.78, 5) is 4.50. The molecule has 0 bridgehead atoms. The van der Waals surface area contributed by atoms with Gasteiger partial charge in [-0.15, -0.1) is 0 Å². The van der Waals surface area contributed by atoms with Crippen LogP contribution in [0.2, 0.25) is 0 Å². The van der Waals surface area contributed by atoms with Gasteiger partial charge in [0.05, 0.1) is 0 Å². The molecule has 34 heavy (non-hydrogen) atoms. The summed E-state index contributed by atoms with van der Waals surface area (Å²) in [6.45, 7) is 3.37. The van der Waals surface area contributed by atoms with Gasteiger partial charge in [0.1, 0.15) is 13.7 Å². The van der Waals surface area contributed by atoms with E-state index in [1.165, 1.54) is 61.0 Å². The number of hydrogen-bond acceptors (Lipinski definition) is 1. The lowest BCUT2D eigenvalue weighted by molar-refractivity contribution is 0.548. The van der Waals surface area contributed by atoms with Crippen LogP contribution in [0.1, 0.15) is 73.8 Å². The van der Waals surface area contributed by atoms with Gasteiger partial charge >= 0.3 is 0 Å². The van der Waals surface area contributed by atoms with Crippen LogP contribution in [0, 0.1) is 0 Å². The fourth-order valence-corrected chi connectivity index (χ4v) is 4.23. The first-order valence-corrected chi connectivity index (χ1v) is 12.9. The van der Waals surface area contributed by atoms with Gasteiger partial charge in [0.15, 0.2) is 0 Å². The second kappa shape index (κ2) is 15.0. The monoisotopic (exact) mass is 450 g/mol. The van der Waals surface area contributed by atoms with Gasteiger partial charge in [0.2, 0.25) is 0 Å². The first-order chi connectivity index (χ1) is 16.8. The number of nitrogens with zero attached hydrogens (tertiary/aromatic N) is 2. The molecule has 0 saturated heterocycles. The average Bonchev–Trinajstić information content (AvgIpc) is 3.34. The number of benzene rings is 3. The predicted octanol–water partition coefficient (Wildman–Crippen LogP) is 7.24. The number of imidazole rings is 1. The van der Waals surface area contributed by atoms with Gasteiger partial charge in [-0.1, -0.05) is 130 Å². The summed E-state index contributed by atoms with van der Waals surface area (Å²) in [7, 11) is 2.24. The fraction of sp³-hybridized carbons (Fsp3) is 0.323. The Morgan fingerprint density at radius 2 is 1.24 bits per heavy atom. The molecule has 0 amide bonds. The molecule has 3 aromatic carbocycles. The highest BCUT2D eigenvalue weighted by Crippen LogP contribution is 2.20. The molecular weight excluding hydrogens is 411 g/mol. The zero-order valence-corrected chi connectivity index (χ0v) is 20.9. The smallest absolute Gasteiger partial charge is 0.116 e. The minimum atomic E-state index is 0.484. The summed E-state index contributed by atoms with van der Waals surface area (Å²) in [6.07, 6.45) is 13.0. The van der Waals surface area contributed by atoms with Crippen molar-refractivity contribution in [1.82, 2.24) is 9.55 Å². The lowest BCUT2D eigenvalue weighted by Crippen LogP contribution is -2.04. The highest BCUT2D eigenvalue weighted by Gasteiger charge is 2.06. The van der Waals surface area contributed by atoms with Gasteiger partial charge in [0.25, 0.3) is 0 Å². The zero-order chi connectivity index (χ0) is 23.8. The van der Waals surface area contributed by atoms with Gasteiger partial charge in [-0.05, 0) is 28.9 Å². The van der Waals surface area contributed by atoms with E-state index in [1.54, 1.807) is 0 Å². The summed E-state index contributed by atoms with van der Waals surface area (Å²) in [5, 5.41) is 0. The maximum absolute atomic E-state index is 4.50. The van der Waals surface area contributed by atoms with Crippen LogP contribution < -0.4 is 0 Å². The molecule has 0 radical (unpaired) electrons. The molecule has 1 heterocycles. The van der Waals surface area contributed by atoms with Crippen LogP contribution in [-0.2, 0) is 13.0 Å². The standard InChI is InChI=1S/C18H26N2.C13H13B/c1-2-3-4-5-6-10-14-20-15-13-19-18(20)16-17-11-8-7-9-12-17;14-13(11-7-3-1-4-8-11)12-9-5-2-6-10-12/h7-9,11-13,15H,2-6,10,14,16H2,1H3;1-10,13H,14H2. The molecule has 0 atom stereocenters. The van der Waals surface area contributed by atoms with Crippen LogP contribution in [0.4, 0.5) is 0 Å². The maximum Gasteiger partial charge on any atom is 0.116 e. The van der Waals surface area contributed by atoms with E-state index in [0.29, 0.717) is 5.82 Å². The Labute approximate surface area is 207 Å². The Morgan fingerprint density at radius 1 is 0.706 bits per heavy atom. The van der Waals surface area contributed by atoms with Crippen molar-refractivity contribution in [3.63, 3.8) is 0 Å². The van der Waals surface area contributed by atoms with Gasteiger partial charge in [-0.3, -0.25) is 0 Å². The van der Waals surface area contributed by atoms with Crippen molar-refractivity contribution >= 4 is 7.85 Å². The number of aryl methyl sites for hydroxylation is 1. The molecule has 0 aliphatic heterocycles. The third-order valence-corrected chi connectivity index (χ3v) is 6.36. The van der Waals surface area contributed by atoms with Crippen LogP contribution in [0.3, 0.4) is 0 Å². The Kier molecular flexibility index (Phi) is 11.2. The molecule has 0 unspecified atom stereocenters. The summed E-state index contributed by atoms with van der Waals surface area (Å²) in [5.74, 6) is 1.67. The van der Waals surface area contributed by atoms with E-state index in [2.05, 4.69) is 122 Å². The van der Waals surface area contributed by atoms with Crippen LogP contribution in [0.15, 0.2) is 103 Å². The number of hydrogen-bond donors (Lipinski definition) is 0. The van der Waals surface area contributed by atoms with Crippen molar-refractivity contribution < 1.29 is 0 Å². The largest absolute Gasteiger partial charge is 0.335 e. The molecule has 0 aliphatic carbocycles. The van der Waals surface area contributed by atoms with Crippen LogP contribution in [0.5, 0.6) is 0 Å². The highest BCUT2D eigenvalue weighted by atomic mass is 15.1. The normalized spacial score (nSPS) is 10.6. The van der Waals surface area contributed by atoms with Crippen molar-refractivity contribution in [1.29, 1.82) is 0 Å². The topological polar surface area (TPSA) is 17.8 Å². The average molecular weight is 450 g/mol. The minimum Gasteiger partial charge on any atom is -0.335 e. The van der Waals surface area contributed by atoms with E-state index >= 15 is 0 Å². The Balaban J connectivity index is 0.000000202. The number of aromatic nitrogens is 2. The highest BCUT2D eigenvalue weighted by molar-refractivity contribution is 6.14. The Bertz CT molecular complexity index is 989. The molecule has 176 valence electrons. The SMILES string of the molecule is BC(c1ccccc1)c1ccccc1.CCCCCCCCn1ccnc1Cc1ccccc1. The molecule has 0 N–H and O–H groups in total. The predicted molar refractivity (Wildman–Crippen MR) is 148 cm³/mol. The molecule has 0 fully saturated rings. The first kappa shape index (κ1) is 25.6. The third kappa shape index (κ3) is 8.70. The summed E-state index contributed by atoms with van der Waals surface area (Å²) >= 11 is 0. The fourth-order valence-electron chi connectivity index (χ4n) is 4.23. The molecule has 0 spiro atoms. The molecule has 2 nitrogen and oxygen atoms in total. The lowest BCUT2D eigenvalue weighted by atomic mass is 9.76. The van der Waals surface area contributed by atoms with Crippen molar-refractivity contribution in [2.75, 3.05) is 0 Å². The molecule has 4 aromatic rings. The summed E-state index contributed by atoms with van der Waals surface area (Å²) in [6, 6.07) is 31.8. The second-order valence-electron chi connectivity index (χ2n) is 9.01. The van der Waals surface area contributed by atoms with Gasteiger partial charge in [0, 0.05) is 25.4 Å². The molecule has 1 aromatic heterocycles. The minimum absolute atomic E-state index is 0.484. The Hall–Kier alpha value is -3.07. The van der Waals surface area contributed by atoms with Crippen molar-refractivity contribution in [2.45, 2.75) is 64.2 Å². The van der Waals surface area contributed by atoms with E-state index in [4.69, 9.17) is 0 Å². The summed E-state index contributed by atoms with van der Waals surface area (Å²) in [5.41, 5.74) is 4.08. The van der Waals surface area contributed by atoms with E-state index < -0.39 is 0 Å². The zero-order valence-electron chi connectivity index (χ0n) is 20.9. The molecule has 4 rings (SSSR count). The van der Waals surface area contributed by atoms with E-state index in [-0.39, 0.29) is 0 Å². The molecule has 0 aliphatic rings. The van der Waals surface area contributed by atoms with Gasteiger partial charge in [-0.2, -0.15) is 0 Å². The van der Waals surface area contributed by atoms with Crippen LogP contribution in [-0.4, -0.2) is 17.4 Å². The van der Waals surface area contributed by atoms with E-state index in [0.717, 1.165) is 13.0 Å². The summed E-state index contributed by atoms with van der Waals surface area (Å²) < 4.78 is 2.31. The quantitative estimate of drug-likeness (QED) is 0.174. The first-order valence-electron chi connectivity index (χ1n) is 12.9. The van der Waals surface area contributed by atoms with E-state index in [1.807, 2.05) is 6.20 Å². The van der Waals surface area contributed by atoms with Crippen molar-refractivity contribution in [3.05, 3.63) is 126 Å². The van der Waals surface area contributed by atoms with Crippen LogP contribution >= 0.6 is 0 Å². The molecule has 3 heteroatoms. The van der Waals surface area contributed by atoms with Gasteiger partial charge < -0.3 is 4.57 Å². The maximum atomic E-state index is 4.50. The Morgan fingerprint density at radius 3 is 1.82 bits per heavy atom. The van der Waals surface area contributed by atoms with Gasteiger partial charge in [-0.25, -0.2) is 4.98 Å².